The number of nitrogens with zero attached hydrogens (tertiary/aromatic N) is 2. The summed E-state index contributed by atoms with van der Waals surface area (Å²) in [5, 5.41) is 13.1. The van der Waals surface area contributed by atoms with Gasteiger partial charge in [-0.3, -0.25) is 14.5 Å². The zero-order chi connectivity index (χ0) is 19.6. The minimum Gasteiger partial charge on any atom is -0.465 e. The third-order valence-electron chi connectivity index (χ3n) is 5.09. The van der Waals surface area contributed by atoms with E-state index in [1.54, 1.807) is 18.2 Å². The van der Waals surface area contributed by atoms with Gasteiger partial charge in [0.1, 0.15) is 12.1 Å². The monoisotopic (exact) mass is 413 g/mol. The maximum absolute atomic E-state index is 12.8. The van der Waals surface area contributed by atoms with Crippen molar-refractivity contribution in [1.29, 1.82) is 0 Å². The van der Waals surface area contributed by atoms with Crippen LogP contribution in [0.5, 0.6) is 0 Å². The number of benzene rings is 1. The topological polar surface area (TPSA) is 90.0 Å². The van der Waals surface area contributed by atoms with Crippen LogP contribution in [-0.2, 0) is 16.1 Å². The van der Waals surface area contributed by atoms with Crippen LogP contribution >= 0.6 is 23.2 Å². The third kappa shape index (κ3) is 4.30. The van der Waals surface area contributed by atoms with Crippen molar-refractivity contribution in [3.05, 3.63) is 33.8 Å². The number of carbonyl (C=O) groups is 3. The Kier molecular flexibility index (Phi) is 6.11. The van der Waals surface area contributed by atoms with E-state index in [2.05, 4.69) is 5.32 Å². The van der Waals surface area contributed by atoms with Crippen LogP contribution in [0.4, 0.5) is 4.79 Å². The van der Waals surface area contributed by atoms with Crippen molar-refractivity contribution < 1.29 is 19.5 Å². The first-order valence-corrected chi connectivity index (χ1v) is 9.65. The SMILES string of the molecule is O=C(NCc1ccc(Cl)cc1Cl)[C@@H]1CCCN1C(=O)C1CCCN1C(=O)O. The molecule has 2 atom stereocenters. The molecule has 0 aromatic heterocycles. The summed E-state index contributed by atoms with van der Waals surface area (Å²) in [6.07, 6.45) is 1.33. The van der Waals surface area contributed by atoms with E-state index >= 15 is 0 Å². The first-order valence-electron chi connectivity index (χ1n) is 8.90. The first kappa shape index (κ1) is 19.8. The van der Waals surface area contributed by atoms with E-state index in [4.69, 9.17) is 23.2 Å². The number of nitrogens with one attached hydrogen (secondary N) is 1. The van der Waals surface area contributed by atoms with Crippen molar-refractivity contribution in [3.63, 3.8) is 0 Å². The van der Waals surface area contributed by atoms with Gasteiger partial charge in [0.2, 0.25) is 11.8 Å². The number of carboxylic acid groups (broad SMARTS) is 1. The molecule has 0 bridgehead atoms. The average Bonchev–Trinajstić information content (AvgIpc) is 3.29. The van der Waals surface area contributed by atoms with Crippen LogP contribution < -0.4 is 5.32 Å². The molecule has 1 aromatic rings. The number of hydrogen-bond acceptors (Lipinski definition) is 3. The Bertz CT molecular complexity index is 758. The minimum atomic E-state index is -1.09. The number of carbonyl (C=O) groups excluding carboxylic acids is 2. The van der Waals surface area contributed by atoms with E-state index in [1.165, 1.54) is 9.80 Å². The van der Waals surface area contributed by atoms with Crippen LogP contribution in [0.2, 0.25) is 10.0 Å². The van der Waals surface area contributed by atoms with Gasteiger partial charge in [-0.05, 0) is 43.4 Å². The molecule has 3 amide bonds. The molecular weight excluding hydrogens is 393 g/mol. The fourth-order valence-corrected chi connectivity index (χ4v) is 4.19. The van der Waals surface area contributed by atoms with E-state index in [0.29, 0.717) is 48.8 Å². The summed E-state index contributed by atoms with van der Waals surface area (Å²) in [6.45, 7) is 1.05. The Morgan fingerprint density at radius 2 is 1.74 bits per heavy atom. The van der Waals surface area contributed by atoms with Gasteiger partial charge in [0.15, 0.2) is 0 Å². The van der Waals surface area contributed by atoms with Crippen molar-refractivity contribution in [3.8, 4) is 0 Å². The lowest BCUT2D eigenvalue weighted by Gasteiger charge is -2.29. The molecule has 2 saturated heterocycles. The van der Waals surface area contributed by atoms with Crippen LogP contribution in [0.3, 0.4) is 0 Å². The van der Waals surface area contributed by atoms with Crippen LogP contribution in [0.15, 0.2) is 18.2 Å². The number of halogens is 2. The standard InChI is InChI=1S/C18H21Cl2N3O4/c19-12-6-5-11(13(20)9-12)10-21-16(24)14-3-1-7-22(14)17(25)15-4-2-8-23(15)18(26)27/h5-6,9,14-15H,1-4,7-8,10H2,(H,21,24)(H,26,27)/t14-,15?/m0/s1. The Morgan fingerprint density at radius 1 is 1.07 bits per heavy atom. The summed E-state index contributed by atoms with van der Waals surface area (Å²) in [5.41, 5.74) is 0.734. The molecule has 0 radical (unpaired) electrons. The Balaban J connectivity index is 1.64. The predicted octanol–water partition coefficient (Wildman–Crippen LogP) is 2.74. The van der Waals surface area contributed by atoms with E-state index < -0.39 is 18.2 Å². The molecule has 1 aromatic carbocycles. The molecule has 2 aliphatic heterocycles. The summed E-state index contributed by atoms with van der Waals surface area (Å²) in [7, 11) is 0. The Hall–Kier alpha value is -1.99. The fourth-order valence-electron chi connectivity index (χ4n) is 3.71. The minimum absolute atomic E-state index is 0.234. The normalized spacial score (nSPS) is 22.1. The van der Waals surface area contributed by atoms with E-state index in [-0.39, 0.29) is 18.4 Å². The van der Waals surface area contributed by atoms with Crippen LogP contribution in [0.25, 0.3) is 0 Å². The van der Waals surface area contributed by atoms with Crippen LogP contribution in [0, 0.1) is 0 Å². The molecule has 2 aliphatic rings. The van der Waals surface area contributed by atoms with Gasteiger partial charge in [0.25, 0.3) is 0 Å². The number of amides is 3. The number of rotatable bonds is 4. The second kappa shape index (κ2) is 8.35. The lowest BCUT2D eigenvalue weighted by Crippen LogP contribution is -2.52. The van der Waals surface area contributed by atoms with Crippen molar-refractivity contribution in [2.45, 2.75) is 44.3 Å². The van der Waals surface area contributed by atoms with Gasteiger partial charge in [-0.15, -0.1) is 0 Å². The summed E-state index contributed by atoms with van der Waals surface area (Å²) in [5.74, 6) is -0.538. The molecule has 9 heteroatoms. The molecule has 0 saturated carbocycles. The van der Waals surface area contributed by atoms with Gasteiger partial charge >= 0.3 is 6.09 Å². The highest BCUT2D eigenvalue weighted by Crippen LogP contribution is 2.25. The molecule has 2 heterocycles. The van der Waals surface area contributed by atoms with Gasteiger partial charge in [0.05, 0.1) is 0 Å². The fraction of sp³-hybridized carbons (Fsp3) is 0.500. The van der Waals surface area contributed by atoms with Crippen LogP contribution in [0.1, 0.15) is 31.2 Å². The van der Waals surface area contributed by atoms with Gasteiger partial charge in [0, 0.05) is 29.7 Å². The number of hydrogen-bond donors (Lipinski definition) is 2. The highest BCUT2D eigenvalue weighted by Gasteiger charge is 2.42. The molecule has 0 aliphatic carbocycles. The molecule has 3 rings (SSSR count). The molecule has 146 valence electrons. The van der Waals surface area contributed by atoms with Crippen molar-refractivity contribution in [1.82, 2.24) is 15.1 Å². The highest BCUT2D eigenvalue weighted by atomic mass is 35.5. The Morgan fingerprint density at radius 3 is 2.41 bits per heavy atom. The van der Waals surface area contributed by atoms with Gasteiger partial charge in [-0.1, -0.05) is 29.3 Å². The van der Waals surface area contributed by atoms with E-state index in [9.17, 15) is 19.5 Å². The summed E-state index contributed by atoms with van der Waals surface area (Å²) >= 11 is 12.0. The molecule has 2 N–H and O–H groups in total. The molecule has 27 heavy (non-hydrogen) atoms. The summed E-state index contributed by atoms with van der Waals surface area (Å²) < 4.78 is 0. The summed E-state index contributed by atoms with van der Waals surface area (Å²) in [4.78, 5) is 39.5. The molecule has 0 spiro atoms. The third-order valence-corrected chi connectivity index (χ3v) is 5.68. The number of likely N-dealkylation sites (tertiary alicyclic amines) is 2. The molecule has 1 unspecified atom stereocenters. The maximum Gasteiger partial charge on any atom is 0.407 e. The van der Waals surface area contributed by atoms with Gasteiger partial charge < -0.3 is 15.3 Å². The second-order valence-electron chi connectivity index (χ2n) is 6.78. The quantitative estimate of drug-likeness (QED) is 0.793. The zero-order valence-electron chi connectivity index (χ0n) is 14.7. The van der Waals surface area contributed by atoms with Crippen molar-refractivity contribution >= 4 is 41.1 Å². The van der Waals surface area contributed by atoms with Gasteiger partial charge in [-0.2, -0.15) is 0 Å². The lowest BCUT2D eigenvalue weighted by molar-refractivity contribution is -0.141. The summed E-state index contributed by atoms with van der Waals surface area (Å²) in [6, 6.07) is 3.77. The largest absolute Gasteiger partial charge is 0.465 e. The highest BCUT2D eigenvalue weighted by molar-refractivity contribution is 6.35. The van der Waals surface area contributed by atoms with E-state index in [1.807, 2.05) is 0 Å². The first-order chi connectivity index (χ1) is 12.9. The van der Waals surface area contributed by atoms with Crippen LogP contribution in [-0.4, -0.2) is 58.0 Å². The second-order valence-corrected chi connectivity index (χ2v) is 7.62. The molecule has 2 fully saturated rings. The lowest BCUT2D eigenvalue weighted by atomic mass is 10.1. The zero-order valence-corrected chi connectivity index (χ0v) is 16.2. The van der Waals surface area contributed by atoms with Gasteiger partial charge in [-0.25, -0.2) is 4.79 Å². The maximum atomic E-state index is 12.8. The van der Waals surface area contributed by atoms with Crippen molar-refractivity contribution in [2.75, 3.05) is 13.1 Å². The molecule has 7 nitrogen and oxygen atoms in total. The predicted molar refractivity (Wildman–Crippen MR) is 101 cm³/mol. The van der Waals surface area contributed by atoms with E-state index in [0.717, 1.165) is 5.56 Å². The molecular formula is C18H21Cl2N3O4. The Labute approximate surface area is 167 Å². The smallest absolute Gasteiger partial charge is 0.407 e. The van der Waals surface area contributed by atoms with Crippen molar-refractivity contribution in [2.24, 2.45) is 0 Å². The average molecular weight is 414 g/mol.